The summed E-state index contributed by atoms with van der Waals surface area (Å²) in [6.45, 7) is 0.478. The minimum atomic E-state index is -1.15. The molecule has 3 rings (SSSR count). The smallest absolute Gasteiger partial charge is 0.357 e. The van der Waals surface area contributed by atoms with Gasteiger partial charge in [-0.2, -0.15) is 0 Å². The zero-order chi connectivity index (χ0) is 12.5. The average Bonchev–Trinajstić information content (AvgIpc) is 3.10. The monoisotopic (exact) mass is 248 g/mol. The number of ether oxygens (including phenoxy) is 1. The summed E-state index contributed by atoms with van der Waals surface area (Å²) in [5, 5.41) is 8.73. The summed E-state index contributed by atoms with van der Waals surface area (Å²) in [6, 6.07) is 0. The van der Waals surface area contributed by atoms with E-state index in [1.54, 1.807) is 6.26 Å². The lowest BCUT2D eigenvalue weighted by molar-refractivity contribution is 0.0690. The third-order valence-electron chi connectivity index (χ3n) is 2.46. The fourth-order valence-electron chi connectivity index (χ4n) is 1.56. The molecule has 0 aromatic carbocycles. The lowest BCUT2D eigenvalue weighted by Crippen LogP contribution is -1.98. The van der Waals surface area contributed by atoms with Crippen molar-refractivity contribution in [3.8, 4) is 11.6 Å². The van der Waals surface area contributed by atoms with Gasteiger partial charge in [-0.1, -0.05) is 0 Å². The fourth-order valence-corrected chi connectivity index (χ4v) is 1.56. The van der Waals surface area contributed by atoms with Crippen LogP contribution < -0.4 is 0 Å². The van der Waals surface area contributed by atoms with Crippen LogP contribution in [0.25, 0.3) is 11.6 Å². The van der Waals surface area contributed by atoms with Crippen molar-refractivity contribution in [1.29, 1.82) is 0 Å². The molecule has 7 nitrogen and oxygen atoms in total. The summed E-state index contributed by atoms with van der Waals surface area (Å²) in [6.07, 6.45) is 5.85. The Morgan fingerprint density at radius 2 is 2.22 bits per heavy atom. The molecule has 92 valence electrons. The summed E-state index contributed by atoms with van der Waals surface area (Å²) in [4.78, 5) is 18.6. The van der Waals surface area contributed by atoms with E-state index in [0.29, 0.717) is 18.2 Å². The predicted molar refractivity (Wildman–Crippen MR) is 56.8 cm³/mol. The lowest BCUT2D eigenvalue weighted by Gasteiger charge is -1.98. The summed E-state index contributed by atoms with van der Waals surface area (Å²) >= 11 is 0. The van der Waals surface area contributed by atoms with Crippen LogP contribution in [0.1, 0.15) is 22.3 Å². The number of carboxylic acid groups (broad SMARTS) is 1. The van der Waals surface area contributed by atoms with Gasteiger partial charge in [-0.3, -0.25) is 0 Å². The summed E-state index contributed by atoms with van der Waals surface area (Å²) in [7, 11) is 0. The van der Waals surface area contributed by atoms with Gasteiger partial charge in [-0.05, 0) is 6.08 Å². The van der Waals surface area contributed by atoms with Crippen molar-refractivity contribution in [3.05, 3.63) is 36.4 Å². The van der Waals surface area contributed by atoms with Gasteiger partial charge in [0.05, 0.1) is 12.2 Å². The molecule has 18 heavy (non-hydrogen) atoms. The maximum atomic E-state index is 10.7. The predicted octanol–water partition coefficient (Wildman–Crippen LogP) is 1.66. The summed E-state index contributed by atoms with van der Waals surface area (Å²) in [5.74, 6) is -0.590. The molecule has 3 heterocycles. The molecule has 0 saturated carbocycles. The largest absolute Gasteiger partial charge is 0.500 e. The first kappa shape index (κ1) is 10.6. The molecule has 0 radical (unpaired) electrons. The topological polar surface area (TPSA) is 98.6 Å². The molecular formula is C11H8N2O5. The molecule has 1 aliphatic heterocycles. The molecule has 1 unspecified atom stereocenters. The molecule has 0 bridgehead atoms. The van der Waals surface area contributed by atoms with E-state index in [1.807, 2.05) is 6.08 Å². The van der Waals surface area contributed by atoms with Crippen LogP contribution in [0, 0.1) is 0 Å². The first-order valence-electron chi connectivity index (χ1n) is 5.17. The van der Waals surface area contributed by atoms with Crippen LogP contribution in [0.2, 0.25) is 0 Å². The molecule has 2 aromatic rings. The first-order valence-corrected chi connectivity index (χ1v) is 5.17. The van der Waals surface area contributed by atoms with Crippen molar-refractivity contribution in [1.82, 2.24) is 9.97 Å². The van der Waals surface area contributed by atoms with E-state index in [-0.39, 0.29) is 17.5 Å². The summed E-state index contributed by atoms with van der Waals surface area (Å²) < 4.78 is 15.4. The molecule has 7 heteroatoms. The van der Waals surface area contributed by atoms with Gasteiger partial charge in [0.1, 0.15) is 19.1 Å². The lowest BCUT2D eigenvalue weighted by atomic mass is 10.2. The molecular weight excluding hydrogens is 240 g/mol. The standard InChI is InChI=1S/C11H8N2O5/c14-11(15)8-5-18-10(13-8)7-4-17-9(12-7)6-1-2-16-3-6/h1-2,4-6H,3H2,(H,14,15). The van der Waals surface area contributed by atoms with Crippen LogP contribution in [0.3, 0.4) is 0 Å². The van der Waals surface area contributed by atoms with E-state index in [2.05, 4.69) is 9.97 Å². The molecule has 0 saturated heterocycles. The van der Waals surface area contributed by atoms with E-state index < -0.39 is 5.97 Å². The molecule has 0 spiro atoms. The third kappa shape index (κ3) is 1.75. The van der Waals surface area contributed by atoms with Crippen molar-refractivity contribution in [3.63, 3.8) is 0 Å². The second-order valence-corrected chi connectivity index (χ2v) is 3.68. The van der Waals surface area contributed by atoms with Gasteiger partial charge in [0.25, 0.3) is 0 Å². The first-order chi connectivity index (χ1) is 8.74. The van der Waals surface area contributed by atoms with Gasteiger partial charge in [0, 0.05) is 0 Å². The normalized spacial score (nSPS) is 17.9. The number of hydrogen-bond donors (Lipinski definition) is 1. The number of rotatable bonds is 3. The minimum Gasteiger partial charge on any atom is -0.500 e. The van der Waals surface area contributed by atoms with Crippen molar-refractivity contribution in [2.24, 2.45) is 0 Å². The van der Waals surface area contributed by atoms with Crippen molar-refractivity contribution in [2.75, 3.05) is 6.61 Å². The van der Waals surface area contributed by atoms with Crippen LogP contribution in [-0.2, 0) is 4.74 Å². The van der Waals surface area contributed by atoms with Gasteiger partial charge in [-0.25, -0.2) is 14.8 Å². The summed E-state index contributed by atoms with van der Waals surface area (Å²) in [5.41, 5.74) is 0.191. The Labute approximate surface area is 101 Å². The van der Waals surface area contributed by atoms with Gasteiger partial charge >= 0.3 is 5.97 Å². The highest BCUT2D eigenvalue weighted by atomic mass is 16.5. The Balaban J connectivity index is 1.87. The van der Waals surface area contributed by atoms with Crippen LogP contribution in [0.5, 0.6) is 0 Å². The highest BCUT2D eigenvalue weighted by molar-refractivity contribution is 5.85. The minimum absolute atomic E-state index is 0.0346. The number of aromatic nitrogens is 2. The van der Waals surface area contributed by atoms with E-state index in [0.717, 1.165) is 6.26 Å². The fraction of sp³-hybridized carbons (Fsp3) is 0.182. The number of hydrogen-bond acceptors (Lipinski definition) is 6. The number of carbonyl (C=O) groups is 1. The number of nitrogens with zero attached hydrogens (tertiary/aromatic N) is 2. The van der Waals surface area contributed by atoms with Gasteiger partial charge in [0.2, 0.25) is 11.8 Å². The molecule has 1 atom stereocenters. The number of carboxylic acids is 1. The van der Waals surface area contributed by atoms with E-state index in [9.17, 15) is 4.79 Å². The Hall–Kier alpha value is -2.57. The van der Waals surface area contributed by atoms with Gasteiger partial charge < -0.3 is 18.7 Å². The highest BCUT2D eigenvalue weighted by Gasteiger charge is 2.21. The zero-order valence-corrected chi connectivity index (χ0v) is 9.07. The highest BCUT2D eigenvalue weighted by Crippen LogP contribution is 2.25. The Bertz CT molecular complexity index is 612. The van der Waals surface area contributed by atoms with Crippen LogP contribution in [0.4, 0.5) is 0 Å². The number of oxazole rings is 2. The second-order valence-electron chi connectivity index (χ2n) is 3.68. The Kier molecular flexibility index (Phi) is 2.36. The van der Waals surface area contributed by atoms with Crippen LogP contribution in [0.15, 0.2) is 33.7 Å². The van der Waals surface area contributed by atoms with E-state index >= 15 is 0 Å². The van der Waals surface area contributed by atoms with Crippen LogP contribution >= 0.6 is 0 Å². The maximum Gasteiger partial charge on any atom is 0.357 e. The molecule has 0 fully saturated rings. The van der Waals surface area contributed by atoms with Crippen molar-refractivity contribution < 1.29 is 23.5 Å². The quantitative estimate of drug-likeness (QED) is 0.881. The zero-order valence-electron chi connectivity index (χ0n) is 9.07. The SMILES string of the molecule is O=C(O)c1coc(-c2coc(C3C=COC3)n2)n1. The molecule has 1 N–H and O–H groups in total. The Morgan fingerprint density at radius 1 is 1.33 bits per heavy atom. The van der Waals surface area contributed by atoms with Crippen molar-refractivity contribution in [2.45, 2.75) is 5.92 Å². The van der Waals surface area contributed by atoms with Gasteiger partial charge in [0.15, 0.2) is 11.4 Å². The van der Waals surface area contributed by atoms with E-state index in [1.165, 1.54) is 6.26 Å². The molecule has 2 aromatic heterocycles. The van der Waals surface area contributed by atoms with Crippen molar-refractivity contribution >= 4 is 5.97 Å². The van der Waals surface area contributed by atoms with E-state index in [4.69, 9.17) is 18.7 Å². The Morgan fingerprint density at radius 3 is 2.89 bits per heavy atom. The average molecular weight is 248 g/mol. The van der Waals surface area contributed by atoms with Crippen LogP contribution in [-0.4, -0.2) is 27.7 Å². The third-order valence-corrected chi connectivity index (χ3v) is 2.46. The van der Waals surface area contributed by atoms with Gasteiger partial charge in [-0.15, -0.1) is 0 Å². The molecule has 0 amide bonds. The molecule has 0 aliphatic carbocycles. The molecule has 1 aliphatic rings. The number of aromatic carboxylic acids is 1. The maximum absolute atomic E-state index is 10.7. The second kappa shape index (κ2) is 4.02.